The van der Waals surface area contributed by atoms with Crippen LogP contribution in [0.5, 0.6) is 0 Å². The molecule has 0 saturated heterocycles. The standard InChI is InChI=1S/C16H17N3O/c1-12-3-2-4-13(7-12)8-16(20)19-6-5-15-14(10-19)9-17-11-18-15/h2-4,7,9,11H,5-6,8,10H2,1H3. The van der Waals surface area contributed by atoms with Crippen LogP contribution in [0.1, 0.15) is 22.4 Å². The van der Waals surface area contributed by atoms with Crippen molar-refractivity contribution in [2.24, 2.45) is 0 Å². The Bertz CT molecular complexity index is 639. The lowest BCUT2D eigenvalue weighted by molar-refractivity contribution is -0.131. The Morgan fingerprint density at radius 1 is 1.40 bits per heavy atom. The van der Waals surface area contributed by atoms with Gasteiger partial charge in [0, 0.05) is 31.3 Å². The van der Waals surface area contributed by atoms with Crippen molar-refractivity contribution in [2.45, 2.75) is 26.3 Å². The van der Waals surface area contributed by atoms with Crippen LogP contribution in [0.25, 0.3) is 0 Å². The second-order valence-corrected chi connectivity index (χ2v) is 5.23. The van der Waals surface area contributed by atoms with Crippen molar-refractivity contribution >= 4 is 5.91 Å². The first kappa shape index (κ1) is 12.8. The molecule has 0 radical (unpaired) electrons. The minimum Gasteiger partial charge on any atom is -0.338 e. The number of carbonyl (C=O) groups is 1. The number of carbonyl (C=O) groups excluding carboxylic acids is 1. The van der Waals surface area contributed by atoms with E-state index in [4.69, 9.17) is 0 Å². The van der Waals surface area contributed by atoms with E-state index >= 15 is 0 Å². The highest BCUT2D eigenvalue weighted by Gasteiger charge is 2.21. The summed E-state index contributed by atoms with van der Waals surface area (Å²) in [5.74, 6) is 0.171. The highest BCUT2D eigenvalue weighted by atomic mass is 16.2. The minimum absolute atomic E-state index is 0.171. The highest BCUT2D eigenvalue weighted by molar-refractivity contribution is 5.79. The van der Waals surface area contributed by atoms with Gasteiger partial charge in [0.2, 0.25) is 5.91 Å². The second kappa shape index (κ2) is 5.41. The van der Waals surface area contributed by atoms with Crippen molar-refractivity contribution in [3.8, 4) is 0 Å². The van der Waals surface area contributed by atoms with E-state index in [0.717, 1.165) is 29.8 Å². The number of nitrogens with zero attached hydrogens (tertiary/aromatic N) is 3. The van der Waals surface area contributed by atoms with Crippen LogP contribution in [-0.2, 0) is 24.2 Å². The molecule has 4 nitrogen and oxygen atoms in total. The maximum atomic E-state index is 12.4. The average molecular weight is 267 g/mol. The van der Waals surface area contributed by atoms with Crippen LogP contribution < -0.4 is 0 Å². The van der Waals surface area contributed by atoms with Gasteiger partial charge in [0.1, 0.15) is 6.33 Å². The van der Waals surface area contributed by atoms with Crippen molar-refractivity contribution < 1.29 is 4.79 Å². The van der Waals surface area contributed by atoms with Gasteiger partial charge in [-0.3, -0.25) is 4.79 Å². The summed E-state index contributed by atoms with van der Waals surface area (Å²) in [7, 11) is 0. The Morgan fingerprint density at radius 2 is 2.30 bits per heavy atom. The molecule has 0 atom stereocenters. The van der Waals surface area contributed by atoms with Gasteiger partial charge < -0.3 is 4.90 Å². The number of benzene rings is 1. The summed E-state index contributed by atoms with van der Waals surface area (Å²) in [5.41, 5.74) is 4.40. The summed E-state index contributed by atoms with van der Waals surface area (Å²) in [4.78, 5) is 22.6. The third-order valence-electron chi connectivity index (χ3n) is 3.65. The fourth-order valence-electron chi connectivity index (χ4n) is 2.59. The lowest BCUT2D eigenvalue weighted by Gasteiger charge is -2.28. The van der Waals surface area contributed by atoms with Crippen molar-refractivity contribution in [3.05, 3.63) is 59.2 Å². The van der Waals surface area contributed by atoms with Gasteiger partial charge in [-0.15, -0.1) is 0 Å². The number of aromatic nitrogens is 2. The number of rotatable bonds is 2. The Kier molecular flexibility index (Phi) is 3.46. The van der Waals surface area contributed by atoms with Crippen molar-refractivity contribution in [1.29, 1.82) is 0 Å². The van der Waals surface area contributed by atoms with Crippen LogP contribution in [0.4, 0.5) is 0 Å². The highest BCUT2D eigenvalue weighted by Crippen LogP contribution is 2.16. The zero-order valence-electron chi connectivity index (χ0n) is 11.5. The number of fused-ring (bicyclic) bond motifs is 1. The van der Waals surface area contributed by atoms with Crippen LogP contribution in [-0.4, -0.2) is 27.3 Å². The zero-order chi connectivity index (χ0) is 13.9. The fourth-order valence-corrected chi connectivity index (χ4v) is 2.59. The van der Waals surface area contributed by atoms with Crippen molar-refractivity contribution in [3.63, 3.8) is 0 Å². The summed E-state index contributed by atoms with van der Waals surface area (Å²) < 4.78 is 0. The number of hydrogen-bond donors (Lipinski definition) is 0. The minimum atomic E-state index is 0.171. The van der Waals surface area contributed by atoms with Crippen LogP contribution >= 0.6 is 0 Å². The van der Waals surface area contributed by atoms with E-state index in [1.165, 1.54) is 5.56 Å². The fraction of sp³-hybridized carbons (Fsp3) is 0.312. The molecule has 2 aromatic rings. The first-order valence-corrected chi connectivity index (χ1v) is 6.83. The topological polar surface area (TPSA) is 46.1 Å². The molecule has 4 heteroatoms. The molecule has 0 aliphatic carbocycles. The molecule has 2 heterocycles. The predicted molar refractivity (Wildman–Crippen MR) is 76.0 cm³/mol. The molecule has 1 amide bonds. The zero-order valence-corrected chi connectivity index (χ0v) is 11.5. The Morgan fingerprint density at radius 3 is 3.15 bits per heavy atom. The number of hydrogen-bond acceptors (Lipinski definition) is 3. The summed E-state index contributed by atoms with van der Waals surface area (Å²) in [5, 5.41) is 0. The van der Waals surface area contributed by atoms with Crippen LogP contribution in [0.3, 0.4) is 0 Å². The van der Waals surface area contributed by atoms with Crippen molar-refractivity contribution in [2.75, 3.05) is 6.54 Å². The molecule has 20 heavy (non-hydrogen) atoms. The number of amides is 1. The maximum Gasteiger partial charge on any atom is 0.227 e. The van der Waals surface area contributed by atoms with Crippen LogP contribution in [0, 0.1) is 6.92 Å². The quantitative estimate of drug-likeness (QED) is 0.835. The summed E-state index contributed by atoms with van der Waals surface area (Å²) >= 11 is 0. The van der Waals surface area contributed by atoms with E-state index in [0.29, 0.717) is 13.0 Å². The lowest BCUT2D eigenvalue weighted by Crippen LogP contribution is -2.37. The van der Waals surface area contributed by atoms with Gasteiger partial charge in [-0.1, -0.05) is 29.8 Å². The summed E-state index contributed by atoms with van der Waals surface area (Å²) in [6.07, 6.45) is 4.67. The number of aryl methyl sites for hydroxylation is 1. The van der Waals surface area contributed by atoms with E-state index in [1.807, 2.05) is 36.2 Å². The third kappa shape index (κ3) is 2.69. The average Bonchev–Trinajstić information content (AvgIpc) is 2.47. The lowest BCUT2D eigenvalue weighted by atomic mass is 10.0. The second-order valence-electron chi connectivity index (χ2n) is 5.23. The van der Waals surface area contributed by atoms with Gasteiger partial charge in [-0.05, 0) is 12.5 Å². The molecule has 0 N–H and O–H groups in total. The Hall–Kier alpha value is -2.23. The van der Waals surface area contributed by atoms with Gasteiger partial charge in [0.05, 0.1) is 12.1 Å². The molecule has 0 unspecified atom stereocenters. The molecule has 0 saturated carbocycles. The molecule has 1 aromatic heterocycles. The van der Waals surface area contributed by atoms with Crippen molar-refractivity contribution in [1.82, 2.24) is 14.9 Å². The van der Waals surface area contributed by atoms with E-state index in [1.54, 1.807) is 6.33 Å². The molecule has 102 valence electrons. The monoisotopic (exact) mass is 267 g/mol. The van der Waals surface area contributed by atoms with Gasteiger partial charge in [-0.2, -0.15) is 0 Å². The van der Waals surface area contributed by atoms with E-state index in [9.17, 15) is 4.79 Å². The Labute approximate surface area is 118 Å². The molecular formula is C16H17N3O. The molecule has 0 fully saturated rings. The first-order chi connectivity index (χ1) is 9.72. The predicted octanol–water partition coefficient (Wildman–Crippen LogP) is 1.91. The molecule has 0 bridgehead atoms. The Balaban J connectivity index is 1.70. The summed E-state index contributed by atoms with van der Waals surface area (Å²) in [6.45, 7) is 3.41. The van der Waals surface area contributed by atoms with E-state index in [2.05, 4.69) is 16.0 Å². The molecule has 1 aliphatic rings. The maximum absolute atomic E-state index is 12.4. The van der Waals surface area contributed by atoms with Crippen LogP contribution in [0.2, 0.25) is 0 Å². The first-order valence-electron chi connectivity index (χ1n) is 6.83. The normalized spacial score (nSPS) is 13.9. The van der Waals surface area contributed by atoms with E-state index in [-0.39, 0.29) is 5.91 Å². The molecular weight excluding hydrogens is 250 g/mol. The van der Waals surface area contributed by atoms with Gasteiger partial charge in [0.15, 0.2) is 0 Å². The third-order valence-corrected chi connectivity index (χ3v) is 3.65. The smallest absolute Gasteiger partial charge is 0.227 e. The summed E-state index contributed by atoms with van der Waals surface area (Å²) in [6, 6.07) is 8.12. The van der Waals surface area contributed by atoms with Gasteiger partial charge in [-0.25, -0.2) is 9.97 Å². The van der Waals surface area contributed by atoms with Gasteiger partial charge >= 0.3 is 0 Å². The van der Waals surface area contributed by atoms with E-state index < -0.39 is 0 Å². The molecule has 1 aliphatic heterocycles. The molecule has 1 aromatic carbocycles. The molecule has 3 rings (SSSR count). The van der Waals surface area contributed by atoms with Gasteiger partial charge in [0.25, 0.3) is 0 Å². The molecule has 0 spiro atoms. The largest absolute Gasteiger partial charge is 0.338 e. The van der Waals surface area contributed by atoms with Crippen LogP contribution in [0.15, 0.2) is 36.8 Å². The SMILES string of the molecule is Cc1cccc(CC(=O)N2CCc3ncncc3C2)c1.